The van der Waals surface area contributed by atoms with Crippen molar-refractivity contribution in [3.8, 4) is 0 Å². The highest BCUT2D eigenvalue weighted by Gasteiger charge is 2.28. The lowest BCUT2D eigenvalue weighted by atomic mass is 10.0. The van der Waals surface area contributed by atoms with Crippen LogP contribution in [-0.4, -0.2) is 33.8 Å². The molecule has 0 fully saturated rings. The summed E-state index contributed by atoms with van der Waals surface area (Å²) in [6, 6.07) is 11.1. The minimum Gasteiger partial charge on any atom is -0.480 e. The number of hydrogen-bond acceptors (Lipinski definition) is 5. The number of pyridine rings is 1. The van der Waals surface area contributed by atoms with Gasteiger partial charge in [0.1, 0.15) is 17.5 Å². The Kier molecular flexibility index (Phi) is 5.94. The second-order valence-electron chi connectivity index (χ2n) is 6.78. The number of nitrogens with zero attached hydrogens (tertiary/aromatic N) is 2. The molecular weight excluding hydrogens is 334 g/mol. The second kappa shape index (κ2) is 7.97. The first-order chi connectivity index (χ1) is 12.2. The highest BCUT2D eigenvalue weighted by atomic mass is 16.6. The molecule has 0 aliphatic carbocycles. The highest BCUT2D eigenvalue weighted by Crippen LogP contribution is 2.30. The standard InChI is InChI=1S/C19H23N3O4/c1-19(2,3)26-18(25)22(16-10-6-7-11-21-16)15-9-5-4-8-13(15)12-14(20)17(23)24/h4-11,14H,12,20H2,1-3H3,(H,23,24)/t14-/m0/s1. The van der Waals surface area contributed by atoms with Gasteiger partial charge in [-0.05, 0) is 44.5 Å². The second-order valence-corrected chi connectivity index (χ2v) is 6.78. The number of amides is 1. The zero-order valence-corrected chi connectivity index (χ0v) is 15.0. The van der Waals surface area contributed by atoms with Crippen LogP contribution in [0.3, 0.4) is 0 Å². The highest BCUT2D eigenvalue weighted by molar-refractivity contribution is 5.96. The van der Waals surface area contributed by atoms with Crippen LogP contribution in [0.1, 0.15) is 26.3 Å². The van der Waals surface area contributed by atoms with Crippen LogP contribution in [0.15, 0.2) is 48.7 Å². The molecule has 0 radical (unpaired) electrons. The van der Waals surface area contributed by atoms with Crippen LogP contribution >= 0.6 is 0 Å². The molecule has 1 atom stereocenters. The van der Waals surface area contributed by atoms with E-state index in [0.717, 1.165) is 0 Å². The summed E-state index contributed by atoms with van der Waals surface area (Å²) in [7, 11) is 0. The molecule has 1 aromatic carbocycles. The zero-order valence-electron chi connectivity index (χ0n) is 15.0. The fourth-order valence-corrected chi connectivity index (χ4v) is 2.33. The molecule has 2 aromatic rings. The van der Waals surface area contributed by atoms with Gasteiger partial charge in [0.2, 0.25) is 0 Å². The smallest absolute Gasteiger partial charge is 0.420 e. The van der Waals surface area contributed by atoms with Gasteiger partial charge in [0, 0.05) is 12.6 Å². The van der Waals surface area contributed by atoms with Gasteiger partial charge in [-0.25, -0.2) is 14.7 Å². The molecule has 1 heterocycles. The quantitative estimate of drug-likeness (QED) is 0.852. The molecule has 7 heteroatoms. The van der Waals surface area contributed by atoms with E-state index in [1.54, 1.807) is 69.4 Å². The van der Waals surface area contributed by atoms with Crippen molar-refractivity contribution in [3.05, 3.63) is 54.2 Å². The molecule has 0 aliphatic rings. The fourth-order valence-electron chi connectivity index (χ4n) is 2.33. The van der Waals surface area contributed by atoms with Gasteiger partial charge in [0.05, 0.1) is 5.69 Å². The van der Waals surface area contributed by atoms with E-state index in [9.17, 15) is 9.59 Å². The number of para-hydroxylation sites is 1. The van der Waals surface area contributed by atoms with Crippen LogP contribution in [0, 0.1) is 0 Å². The first-order valence-corrected chi connectivity index (χ1v) is 8.19. The minimum atomic E-state index is -1.11. The summed E-state index contributed by atoms with van der Waals surface area (Å²) in [5.74, 6) is -0.737. The van der Waals surface area contributed by atoms with Crippen molar-refractivity contribution in [2.24, 2.45) is 5.73 Å². The van der Waals surface area contributed by atoms with Crippen molar-refractivity contribution >= 4 is 23.6 Å². The van der Waals surface area contributed by atoms with Crippen molar-refractivity contribution < 1.29 is 19.4 Å². The summed E-state index contributed by atoms with van der Waals surface area (Å²) in [6.07, 6.45) is 1.03. The maximum Gasteiger partial charge on any atom is 0.420 e. The average Bonchev–Trinajstić information content (AvgIpc) is 2.56. The molecule has 1 aromatic heterocycles. The lowest BCUT2D eigenvalue weighted by molar-refractivity contribution is -0.138. The molecule has 0 spiro atoms. The van der Waals surface area contributed by atoms with E-state index in [1.165, 1.54) is 4.90 Å². The summed E-state index contributed by atoms with van der Waals surface area (Å²) in [5, 5.41) is 9.11. The van der Waals surface area contributed by atoms with Crippen LogP contribution in [0.4, 0.5) is 16.3 Å². The third kappa shape index (κ3) is 5.03. The zero-order chi connectivity index (χ0) is 19.3. The Balaban J connectivity index is 2.49. The van der Waals surface area contributed by atoms with Gasteiger partial charge < -0.3 is 15.6 Å². The molecule has 0 saturated carbocycles. The van der Waals surface area contributed by atoms with Crippen molar-refractivity contribution in [1.82, 2.24) is 4.98 Å². The summed E-state index contributed by atoms with van der Waals surface area (Å²) in [5.41, 5.74) is 6.08. The van der Waals surface area contributed by atoms with Crippen molar-refractivity contribution in [2.45, 2.75) is 38.8 Å². The molecule has 138 valence electrons. The number of rotatable bonds is 5. The number of carbonyl (C=O) groups excluding carboxylic acids is 1. The number of aliphatic carboxylic acids is 1. The number of ether oxygens (including phenoxy) is 1. The van der Waals surface area contributed by atoms with Gasteiger partial charge in [-0.2, -0.15) is 0 Å². The summed E-state index contributed by atoms with van der Waals surface area (Å²) in [6.45, 7) is 5.31. The van der Waals surface area contributed by atoms with Crippen molar-refractivity contribution in [2.75, 3.05) is 4.90 Å². The third-order valence-electron chi connectivity index (χ3n) is 3.44. The van der Waals surface area contributed by atoms with Crippen molar-refractivity contribution in [1.29, 1.82) is 0 Å². The Hall–Kier alpha value is -2.93. The van der Waals surface area contributed by atoms with E-state index in [4.69, 9.17) is 15.6 Å². The molecule has 26 heavy (non-hydrogen) atoms. The Morgan fingerprint density at radius 2 is 1.85 bits per heavy atom. The topological polar surface area (TPSA) is 106 Å². The van der Waals surface area contributed by atoms with Gasteiger partial charge >= 0.3 is 12.1 Å². The first kappa shape index (κ1) is 19.4. The minimum absolute atomic E-state index is 0.0671. The van der Waals surface area contributed by atoms with Crippen LogP contribution in [0.25, 0.3) is 0 Å². The Morgan fingerprint density at radius 1 is 1.19 bits per heavy atom. The first-order valence-electron chi connectivity index (χ1n) is 8.19. The lowest BCUT2D eigenvalue weighted by Gasteiger charge is -2.28. The van der Waals surface area contributed by atoms with E-state index in [1.807, 2.05) is 0 Å². The lowest BCUT2D eigenvalue weighted by Crippen LogP contribution is -2.36. The molecule has 0 unspecified atom stereocenters. The maximum atomic E-state index is 12.8. The number of hydrogen-bond donors (Lipinski definition) is 2. The monoisotopic (exact) mass is 357 g/mol. The number of carboxylic acid groups (broad SMARTS) is 1. The number of aromatic nitrogens is 1. The normalized spacial score (nSPS) is 12.3. The predicted octanol–water partition coefficient (Wildman–Crippen LogP) is 3.11. The predicted molar refractivity (Wildman–Crippen MR) is 98.4 cm³/mol. The molecule has 7 nitrogen and oxygen atoms in total. The van der Waals surface area contributed by atoms with Crippen LogP contribution in [0.2, 0.25) is 0 Å². The van der Waals surface area contributed by atoms with Gasteiger partial charge in [0.15, 0.2) is 0 Å². The summed E-state index contributed by atoms with van der Waals surface area (Å²) < 4.78 is 5.52. The van der Waals surface area contributed by atoms with Gasteiger partial charge in [-0.1, -0.05) is 24.3 Å². The third-order valence-corrected chi connectivity index (χ3v) is 3.44. The summed E-state index contributed by atoms with van der Waals surface area (Å²) >= 11 is 0. The molecule has 0 saturated heterocycles. The van der Waals surface area contributed by atoms with Gasteiger partial charge in [-0.15, -0.1) is 0 Å². The van der Waals surface area contributed by atoms with E-state index in [-0.39, 0.29) is 6.42 Å². The van der Waals surface area contributed by atoms with Gasteiger partial charge in [0.25, 0.3) is 0 Å². The van der Waals surface area contributed by atoms with Crippen LogP contribution < -0.4 is 10.6 Å². The summed E-state index contributed by atoms with van der Waals surface area (Å²) in [4.78, 5) is 29.5. The number of anilines is 2. The average molecular weight is 357 g/mol. The molecular formula is C19H23N3O4. The maximum absolute atomic E-state index is 12.8. The SMILES string of the molecule is CC(C)(C)OC(=O)N(c1ccccn1)c1ccccc1C[C@H](N)C(=O)O. The number of carbonyl (C=O) groups is 2. The van der Waals surface area contributed by atoms with E-state index < -0.39 is 23.7 Å². The largest absolute Gasteiger partial charge is 0.480 e. The Morgan fingerprint density at radius 3 is 2.42 bits per heavy atom. The number of nitrogens with two attached hydrogens (primary N) is 1. The molecule has 1 amide bonds. The molecule has 2 rings (SSSR count). The molecule has 3 N–H and O–H groups in total. The van der Waals surface area contributed by atoms with Crippen LogP contribution in [0.5, 0.6) is 0 Å². The Labute approximate surface area is 152 Å². The number of carboxylic acids is 1. The van der Waals surface area contributed by atoms with E-state index in [2.05, 4.69) is 4.98 Å². The van der Waals surface area contributed by atoms with E-state index in [0.29, 0.717) is 17.1 Å². The van der Waals surface area contributed by atoms with Crippen molar-refractivity contribution in [3.63, 3.8) is 0 Å². The fraction of sp³-hybridized carbons (Fsp3) is 0.316. The van der Waals surface area contributed by atoms with Crippen LogP contribution in [-0.2, 0) is 16.0 Å². The van der Waals surface area contributed by atoms with Gasteiger partial charge in [-0.3, -0.25) is 4.79 Å². The number of benzene rings is 1. The molecule has 0 bridgehead atoms. The molecule has 0 aliphatic heterocycles. The Bertz CT molecular complexity index is 772. The van der Waals surface area contributed by atoms with E-state index >= 15 is 0 Å².